The summed E-state index contributed by atoms with van der Waals surface area (Å²) in [6, 6.07) is 7.00. The average Bonchev–Trinajstić information content (AvgIpc) is 2.37. The largest absolute Gasteiger partial charge is 0.397 e. The zero-order chi connectivity index (χ0) is 13.0. The summed E-state index contributed by atoms with van der Waals surface area (Å²) in [5.74, 6) is 0. The topological polar surface area (TPSA) is 106 Å². The van der Waals surface area contributed by atoms with Gasteiger partial charge in [0.15, 0.2) is 0 Å². The summed E-state index contributed by atoms with van der Waals surface area (Å²) in [5.41, 5.74) is 13.3. The molecule has 1 aromatic carbocycles. The molecule has 18 heavy (non-hydrogen) atoms. The first-order valence-corrected chi connectivity index (χ1v) is 5.59. The fraction of sp³-hybridized carbons (Fsp3) is 0.167. The van der Waals surface area contributed by atoms with Gasteiger partial charge in [-0.3, -0.25) is 4.98 Å². The summed E-state index contributed by atoms with van der Waals surface area (Å²) in [4.78, 5) is 14.7. The molecule has 0 atom stereocenters. The normalized spacial score (nSPS) is 10.2. The van der Waals surface area contributed by atoms with E-state index in [2.05, 4.69) is 15.6 Å². The zero-order valence-electron chi connectivity index (χ0n) is 9.81. The predicted molar refractivity (Wildman–Crippen MR) is 72.2 cm³/mol. The Bertz CT molecular complexity index is 569. The Morgan fingerprint density at radius 1 is 1.28 bits per heavy atom. The summed E-state index contributed by atoms with van der Waals surface area (Å²) in [6.07, 6.45) is 1.73. The number of anilines is 2. The third-order valence-electron chi connectivity index (χ3n) is 2.57. The lowest BCUT2D eigenvalue weighted by atomic mass is 10.1. The summed E-state index contributed by atoms with van der Waals surface area (Å²) in [6.45, 7) is 0.999. The van der Waals surface area contributed by atoms with Gasteiger partial charge in [-0.15, -0.1) is 0 Å². The number of nitrogen functional groups attached to an aromatic ring is 1. The van der Waals surface area contributed by atoms with Gasteiger partial charge in [-0.2, -0.15) is 0 Å². The molecule has 1 heterocycles. The van der Waals surface area contributed by atoms with Crippen LogP contribution in [-0.4, -0.2) is 24.1 Å². The Morgan fingerprint density at radius 2 is 2.11 bits per heavy atom. The number of nitrogens with zero attached hydrogens (tertiary/aromatic N) is 1. The maximum absolute atomic E-state index is 10.5. The van der Waals surface area contributed by atoms with E-state index in [-0.39, 0.29) is 0 Å². The summed E-state index contributed by atoms with van der Waals surface area (Å²) < 4.78 is 0. The number of urea groups is 1. The molecule has 6 heteroatoms. The summed E-state index contributed by atoms with van der Waals surface area (Å²) in [5, 5.41) is 6.54. The number of primary amides is 1. The van der Waals surface area contributed by atoms with Crippen LogP contribution in [-0.2, 0) is 0 Å². The Morgan fingerprint density at radius 3 is 2.89 bits per heavy atom. The highest BCUT2D eigenvalue weighted by atomic mass is 16.2. The maximum Gasteiger partial charge on any atom is 0.312 e. The minimum Gasteiger partial charge on any atom is -0.397 e. The average molecular weight is 245 g/mol. The minimum atomic E-state index is -0.535. The van der Waals surface area contributed by atoms with Crippen molar-refractivity contribution in [2.24, 2.45) is 5.73 Å². The van der Waals surface area contributed by atoms with Crippen LogP contribution >= 0.6 is 0 Å². The van der Waals surface area contributed by atoms with Crippen molar-refractivity contribution in [2.45, 2.75) is 0 Å². The van der Waals surface area contributed by atoms with Crippen LogP contribution in [0.25, 0.3) is 10.9 Å². The number of nitrogens with two attached hydrogens (primary N) is 2. The van der Waals surface area contributed by atoms with Crippen LogP contribution in [0.4, 0.5) is 16.2 Å². The molecule has 0 saturated carbocycles. The van der Waals surface area contributed by atoms with E-state index in [9.17, 15) is 4.79 Å². The first kappa shape index (κ1) is 12.0. The van der Waals surface area contributed by atoms with Gasteiger partial charge in [-0.1, -0.05) is 0 Å². The van der Waals surface area contributed by atoms with Gasteiger partial charge in [0, 0.05) is 24.7 Å². The Balaban J connectivity index is 2.09. The summed E-state index contributed by atoms with van der Waals surface area (Å²) >= 11 is 0. The van der Waals surface area contributed by atoms with E-state index in [4.69, 9.17) is 11.5 Å². The number of amides is 2. The molecule has 1 aromatic heterocycles. The van der Waals surface area contributed by atoms with E-state index < -0.39 is 6.03 Å². The molecule has 0 radical (unpaired) electrons. The number of benzene rings is 1. The first-order valence-electron chi connectivity index (χ1n) is 5.59. The predicted octanol–water partition coefficient (Wildman–Crippen LogP) is 0.897. The molecule has 0 bridgehead atoms. The molecule has 6 nitrogen and oxygen atoms in total. The van der Waals surface area contributed by atoms with Gasteiger partial charge in [0.05, 0.1) is 16.9 Å². The number of aromatic nitrogens is 1. The maximum atomic E-state index is 10.5. The van der Waals surface area contributed by atoms with E-state index in [0.29, 0.717) is 18.8 Å². The van der Waals surface area contributed by atoms with Gasteiger partial charge in [0.2, 0.25) is 0 Å². The van der Waals surface area contributed by atoms with Gasteiger partial charge < -0.3 is 22.1 Å². The SMILES string of the molecule is NC(=O)NCCNc1ccc2ncccc2c1N. The van der Waals surface area contributed by atoms with Gasteiger partial charge >= 0.3 is 6.03 Å². The Hall–Kier alpha value is -2.50. The van der Waals surface area contributed by atoms with Crippen molar-refractivity contribution >= 4 is 28.3 Å². The smallest absolute Gasteiger partial charge is 0.312 e. The van der Waals surface area contributed by atoms with Crippen molar-refractivity contribution in [2.75, 3.05) is 24.1 Å². The highest BCUT2D eigenvalue weighted by Crippen LogP contribution is 2.26. The second-order valence-electron chi connectivity index (χ2n) is 3.81. The minimum absolute atomic E-state index is 0.444. The molecular weight excluding hydrogens is 230 g/mol. The second-order valence-corrected chi connectivity index (χ2v) is 3.81. The van der Waals surface area contributed by atoms with Crippen molar-refractivity contribution in [1.29, 1.82) is 0 Å². The molecule has 0 fully saturated rings. The van der Waals surface area contributed by atoms with Crippen molar-refractivity contribution < 1.29 is 4.79 Å². The molecule has 0 aliphatic carbocycles. The van der Waals surface area contributed by atoms with Crippen LogP contribution in [0, 0.1) is 0 Å². The molecule has 2 rings (SSSR count). The molecule has 2 aromatic rings. The standard InChI is InChI=1S/C12H15N5O/c13-11-8-2-1-5-15-9(8)3-4-10(11)16-6-7-17-12(14)18/h1-5,16H,6-7,13H2,(H3,14,17,18). The van der Waals surface area contributed by atoms with Crippen molar-refractivity contribution in [3.63, 3.8) is 0 Å². The van der Waals surface area contributed by atoms with Crippen molar-refractivity contribution in [3.05, 3.63) is 30.5 Å². The second kappa shape index (κ2) is 5.22. The fourth-order valence-corrected chi connectivity index (χ4v) is 1.71. The van der Waals surface area contributed by atoms with Crippen molar-refractivity contribution in [3.8, 4) is 0 Å². The molecule has 0 aliphatic rings. The first-order chi connectivity index (χ1) is 8.68. The van der Waals surface area contributed by atoms with Crippen LogP contribution in [0.15, 0.2) is 30.5 Å². The Labute approximate surface area is 104 Å². The number of carbonyl (C=O) groups excluding carboxylic acids is 1. The molecular formula is C12H15N5O. The molecule has 0 unspecified atom stereocenters. The third kappa shape index (κ3) is 2.60. The number of hydrogen-bond acceptors (Lipinski definition) is 4. The van der Waals surface area contributed by atoms with Gasteiger partial charge in [0.1, 0.15) is 0 Å². The van der Waals surface area contributed by atoms with Gasteiger partial charge in [0.25, 0.3) is 0 Å². The van der Waals surface area contributed by atoms with E-state index in [1.165, 1.54) is 0 Å². The molecule has 6 N–H and O–H groups in total. The van der Waals surface area contributed by atoms with Crippen LogP contribution in [0.2, 0.25) is 0 Å². The number of rotatable bonds is 4. The lowest BCUT2D eigenvalue weighted by Gasteiger charge is -2.11. The number of pyridine rings is 1. The number of fused-ring (bicyclic) bond motifs is 1. The quantitative estimate of drug-likeness (QED) is 0.474. The van der Waals surface area contributed by atoms with Gasteiger partial charge in [-0.05, 0) is 24.3 Å². The molecule has 2 amide bonds. The van der Waals surface area contributed by atoms with Crippen LogP contribution in [0.5, 0.6) is 0 Å². The lowest BCUT2D eigenvalue weighted by molar-refractivity contribution is 0.249. The molecule has 0 saturated heterocycles. The lowest BCUT2D eigenvalue weighted by Crippen LogP contribution is -2.33. The third-order valence-corrected chi connectivity index (χ3v) is 2.57. The van der Waals surface area contributed by atoms with Crippen LogP contribution < -0.4 is 22.1 Å². The van der Waals surface area contributed by atoms with E-state index in [1.807, 2.05) is 24.3 Å². The number of carbonyl (C=O) groups is 1. The fourth-order valence-electron chi connectivity index (χ4n) is 1.71. The number of nitrogens with one attached hydrogen (secondary N) is 2. The summed E-state index contributed by atoms with van der Waals surface area (Å²) in [7, 11) is 0. The number of hydrogen-bond donors (Lipinski definition) is 4. The van der Waals surface area contributed by atoms with Crippen LogP contribution in [0.1, 0.15) is 0 Å². The van der Waals surface area contributed by atoms with Crippen LogP contribution in [0.3, 0.4) is 0 Å². The van der Waals surface area contributed by atoms with Crippen molar-refractivity contribution in [1.82, 2.24) is 10.3 Å². The molecule has 0 aliphatic heterocycles. The molecule has 94 valence electrons. The monoisotopic (exact) mass is 245 g/mol. The highest BCUT2D eigenvalue weighted by molar-refractivity contribution is 5.96. The van der Waals surface area contributed by atoms with Gasteiger partial charge in [-0.25, -0.2) is 4.79 Å². The van der Waals surface area contributed by atoms with E-state index in [1.54, 1.807) is 6.20 Å². The van der Waals surface area contributed by atoms with E-state index in [0.717, 1.165) is 16.6 Å². The zero-order valence-corrected chi connectivity index (χ0v) is 9.81. The molecule has 0 spiro atoms. The Kier molecular flexibility index (Phi) is 3.47. The van der Waals surface area contributed by atoms with E-state index >= 15 is 0 Å². The highest BCUT2D eigenvalue weighted by Gasteiger charge is 2.04.